The Kier molecular flexibility index (Phi) is 4.53. The zero-order valence-corrected chi connectivity index (χ0v) is 12.1. The lowest BCUT2D eigenvalue weighted by Gasteiger charge is -2.14. The van der Waals surface area contributed by atoms with Crippen molar-refractivity contribution in [1.29, 1.82) is 0 Å². The van der Waals surface area contributed by atoms with Gasteiger partial charge >= 0.3 is 0 Å². The SMILES string of the molecule is COCc1cc(C)c(NC(=O)c2ccccc2)c(C)c1. The average molecular weight is 269 g/mol. The Bertz CT molecular complexity index is 583. The van der Waals surface area contributed by atoms with E-state index in [4.69, 9.17) is 4.74 Å². The number of benzene rings is 2. The molecule has 0 aliphatic rings. The van der Waals surface area contributed by atoms with Gasteiger partial charge in [0.15, 0.2) is 0 Å². The molecule has 0 atom stereocenters. The van der Waals surface area contributed by atoms with Gasteiger partial charge in [0.05, 0.1) is 6.61 Å². The Morgan fingerprint density at radius 2 is 1.70 bits per heavy atom. The molecule has 0 aliphatic carbocycles. The fourth-order valence-electron chi connectivity index (χ4n) is 2.28. The molecule has 2 aromatic carbocycles. The van der Waals surface area contributed by atoms with Gasteiger partial charge in [0, 0.05) is 18.4 Å². The Hall–Kier alpha value is -2.13. The van der Waals surface area contributed by atoms with Gasteiger partial charge < -0.3 is 10.1 Å². The number of carbonyl (C=O) groups excluding carboxylic acids is 1. The molecule has 2 rings (SSSR count). The number of carbonyl (C=O) groups is 1. The van der Waals surface area contributed by atoms with E-state index in [1.807, 2.05) is 44.2 Å². The molecule has 0 aliphatic heterocycles. The number of ether oxygens (including phenoxy) is 1. The summed E-state index contributed by atoms with van der Waals surface area (Å²) in [5.74, 6) is -0.0868. The number of rotatable bonds is 4. The first-order valence-electron chi connectivity index (χ1n) is 6.57. The van der Waals surface area contributed by atoms with Crippen LogP contribution in [0.3, 0.4) is 0 Å². The minimum Gasteiger partial charge on any atom is -0.380 e. The summed E-state index contributed by atoms with van der Waals surface area (Å²) in [7, 11) is 1.68. The topological polar surface area (TPSA) is 38.3 Å². The molecule has 20 heavy (non-hydrogen) atoms. The van der Waals surface area contributed by atoms with Crippen LogP contribution >= 0.6 is 0 Å². The summed E-state index contributed by atoms with van der Waals surface area (Å²) < 4.78 is 5.14. The molecule has 3 nitrogen and oxygen atoms in total. The highest BCUT2D eigenvalue weighted by atomic mass is 16.5. The van der Waals surface area contributed by atoms with Crippen molar-refractivity contribution in [2.75, 3.05) is 12.4 Å². The Morgan fingerprint density at radius 1 is 1.10 bits per heavy atom. The van der Waals surface area contributed by atoms with Crippen LogP contribution < -0.4 is 5.32 Å². The largest absolute Gasteiger partial charge is 0.380 e. The van der Waals surface area contributed by atoms with E-state index in [-0.39, 0.29) is 5.91 Å². The normalized spacial score (nSPS) is 10.3. The molecule has 1 N–H and O–H groups in total. The van der Waals surface area contributed by atoms with E-state index < -0.39 is 0 Å². The van der Waals surface area contributed by atoms with E-state index >= 15 is 0 Å². The van der Waals surface area contributed by atoms with Crippen LogP contribution in [0.4, 0.5) is 5.69 Å². The smallest absolute Gasteiger partial charge is 0.255 e. The first-order chi connectivity index (χ1) is 9.61. The van der Waals surface area contributed by atoms with Crippen molar-refractivity contribution < 1.29 is 9.53 Å². The Labute approximate surface area is 119 Å². The van der Waals surface area contributed by atoms with Crippen molar-refractivity contribution >= 4 is 11.6 Å². The molecular weight excluding hydrogens is 250 g/mol. The minimum absolute atomic E-state index is 0.0868. The van der Waals surface area contributed by atoms with Crippen molar-refractivity contribution in [2.24, 2.45) is 0 Å². The number of nitrogens with one attached hydrogen (secondary N) is 1. The molecule has 104 valence electrons. The number of hydrogen-bond donors (Lipinski definition) is 1. The number of hydrogen-bond acceptors (Lipinski definition) is 2. The lowest BCUT2D eigenvalue weighted by Crippen LogP contribution is -2.14. The van der Waals surface area contributed by atoms with Gasteiger partial charge in [0.2, 0.25) is 0 Å². The molecule has 0 spiro atoms. The molecule has 1 amide bonds. The molecule has 2 aromatic rings. The van der Waals surface area contributed by atoms with Gasteiger partial charge in [-0.05, 0) is 42.7 Å². The highest BCUT2D eigenvalue weighted by Crippen LogP contribution is 2.23. The van der Waals surface area contributed by atoms with Crippen molar-refractivity contribution in [2.45, 2.75) is 20.5 Å². The molecule has 0 bridgehead atoms. The van der Waals surface area contributed by atoms with Crippen LogP contribution in [0.25, 0.3) is 0 Å². The van der Waals surface area contributed by atoms with Gasteiger partial charge in [-0.2, -0.15) is 0 Å². The maximum Gasteiger partial charge on any atom is 0.255 e. The van der Waals surface area contributed by atoms with Crippen LogP contribution in [-0.4, -0.2) is 13.0 Å². The first-order valence-corrected chi connectivity index (χ1v) is 6.57. The van der Waals surface area contributed by atoms with Gasteiger partial charge in [0.25, 0.3) is 5.91 Å². The summed E-state index contributed by atoms with van der Waals surface area (Å²) in [6, 6.07) is 13.3. The van der Waals surface area contributed by atoms with Gasteiger partial charge in [-0.1, -0.05) is 30.3 Å². The summed E-state index contributed by atoms with van der Waals surface area (Å²) >= 11 is 0. The summed E-state index contributed by atoms with van der Waals surface area (Å²) in [5, 5.41) is 2.98. The molecule has 3 heteroatoms. The molecule has 0 fully saturated rings. The van der Waals surface area contributed by atoms with Crippen LogP contribution in [0.5, 0.6) is 0 Å². The van der Waals surface area contributed by atoms with Crippen LogP contribution in [0.15, 0.2) is 42.5 Å². The molecule has 0 aromatic heterocycles. The third-order valence-corrected chi connectivity index (χ3v) is 3.18. The summed E-state index contributed by atoms with van der Waals surface area (Å²) in [6.45, 7) is 4.56. The Morgan fingerprint density at radius 3 is 2.25 bits per heavy atom. The second kappa shape index (κ2) is 6.35. The maximum absolute atomic E-state index is 12.2. The number of aryl methyl sites for hydroxylation is 2. The standard InChI is InChI=1S/C17H19NO2/c1-12-9-14(11-20-3)10-13(2)16(12)18-17(19)15-7-5-4-6-8-15/h4-10H,11H2,1-3H3,(H,18,19). The molecule has 0 saturated heterocycles. The zero-order chi connectivity index (χ0) is 14.5. The minimum atomic E-state index is -0.0868. The summed E-state index contributed by atoms with van der Waals surface area (Å²) in [6.07, 6.45) is 0. The second-order valence-electron chi connectivity index (χ2n) is 4.86. The molecule has 0 radical (unpaired) electrons. The number of amides is 1. The van der Waals surface area contributed by atoms with Gasteiger partial charge in [-0.15, -0.1) is 0 Å². The first kappa shape index (κ1) is 14.3. The van der Waals surface area contributed by atoms with Crippen LogP contribution in [0.1, 0.15) is 27.0 Å². The van der Waals surface area contributed by atoms with E-state index in [0.29, 0.717) is 12.2 Å². The monoisotopic (exact) mass is 269 g/mol. The lowest BCUT2D eigenvalue weighted by molar-refractivity contribution is 0.102. The highest BCUT2D eigenvalue weighted by Gasteiger charge is 2.10. The van der Waals surface area contributed by atoms with Crippen molar-refractivity contribution in [3.05, 3.63) is 64.7 Å². The predicted octanol–water partition coefficient (Wildman–Crippen LogP) is 3.70. The van der Waals surface area contributed by atoms with Crippen LogP contribution in [-0.2, 0) is 11.3 Å². The van der Waals surface area contributed by atoms with Crippen molar-refractivity contribution in [3.63, 3.8) is 0 Å². The third-order valence-electron chi connectivity index (χ3n) is 3.18. The fourth-order valence-corrected chi connectivity index (χ4v) is 2.28. The number of anilines is 1. The van der Waals surface area contributed by atoms with E-state index in [1.165, 1.54) is 0 Å². The molecular formula is C17H19NO2. The zero-order valence-electron chi connectivity index (χ0n) is 12.1. The van der Waals surface area contributed by atoms with E-state index in [0.717, 1.165) is 22.4 Å². The summed E-state index contributed by atoms with van der Waals surface area (Å²) in [4.78, 5) is 12.2. The van der Waals surface area contributed by atoms with Gasteiger partial charge in [-0.3, -0.25) is 4.79 Å². The Balaban J connectivity index is 2.24. The average Bonchev–Trinajstić information content (AvgIpc) is 2.44. The maximum atomic E-state index is 12.2. The predicted molar refractivity (Wildman–Crippen MR) is 81.0 cm³/mol. The quantitative estimate of drug-likeness (QED) is 0.919. The van der Waals surface area contributed by atoms with Gasteiger partial charge in [-0.25, -0.2) is 0 Å². The van der Waals surface area contributed by atoms with Crippen LogP contribution in [0, 0.1) is 13.8 Å². The van der Waals surface area contributed by atoms with Crippen molar-refractivity contribution in [3.8, 4) is 0 Å². The number of methoxy groups -OCH3 is 1. The molecule has 0 heterocycles. The molecule has 0 unspecified atom stereocenters. The molecule has 0 saturated carbocycles. The van der Waals surface area contributed by atoms with E-state index in [2.05, 4.69) is 5.32 Å². The van der Waals surface area contributed by atoms with E-state index in [9.17, 15) is 4.79 Å². The fraction of sp³-hybridized carbons (Fsp3) is 0.235. The van der Waals surface area contributed by atoms with Crippen LogP contribution in [0.2, 0.25) is 0 Å². The summed E-state index contributed by atoms with van der Waals surface area (Å²) in [5.41, 5.74) is 4.73. The van der Waals surface area contributed by atoms with Crippen molar-refractivity contribution in [1.82, 2.24) is 0 Å². The van der Waals surface area contributed by atoms with Gasteiger partial charge in [0.1, 0.15) is 0 Å². The second-order valence-corrected chi connectivity index (χ2v) is 4.86. The van der Waals surface area contributed by atoms with E-state index in [1.54, 1.807) is 19.2 Å². The highest BCUT2D eigenvalue weighted by molar-refractivity contribution is 6.05. The third kappa shape index (κ3) is 3.25. The lowest BCUT2D eigenvalue weighted by atomic mass is 10.0.